The first-order valence-electron chi connectivity index (χ1n) is 7.37. The third kappa shape index (κ3) is 3.15. The number of nitrogens with one attached hydrogen (secondary N) is 2. The second kappa shape index (κ2) is 6.67. The Morgan fingerprint density at radius 1 is 1.23 bits per heavy atom. The highest BCUT2D eigenvalue weighted by Crippen LogP contribution is 2.23. The highest BCUT2D eigenvalue weighted by Gasteiger charge is 2.14. The topological polar surface area (TPSA) is 89.4 Å². The molecule has 2 aliphatic heterocycles. The number of aromatic amines is 1. The van der Waals surface area contributed by atoms with Crippen LogP contribution in [0.1, 0.15) is 0 Å². The predicted molar refractivity (Wildman–Crippen MR) is 85.2 cm³/mol. The molecule has 0 radical (unpaired) electrons. The molecule has 0 atom stereocenters. The van der Waals surface area contributed by atoms with E-state index in [0.29, 0.717) is 5.56 Å². The standard InChI is InChI=1S/C15H19N4O3/c20-19(21)14-3-1-2-12-15(14)13(4-5-16-12)17-6-7-18-8-10-22-11-9-18/h1-5,16-17H,6-11H2/q-1. The molecular formula is C15H19N4O3-. The molecular weight excluding hydrogens is 284 g/mol. The lowest BCUT2D eigenvalue weighted by Gasteiger charge is -2.26. The molecule has 1 saturated heterocycles. The summed E-state index contributed by atoms with van der Waals surface area (Å²) in [4.78, 5) is 5.03. The normalized spacial score (nSPS) is 15.8. The van der Waals surface area contributed by atoms with Gasteiger partial charge in [0.25, 0.3) is 0 Å². The van der Waals surface area contributed by atoms with Gasteiger partial charge in [0.15, 0.2) is 0 Å². The third-order valence-electron chi connectivity index (χ3n) is 3.84. The van der Waals surface area contributed by atoms with Crippen molar-refractivity contribution in [3.63, 3.8) is 0 Å². The van der Waals surface area contributed by atoms with Gasteiger partial charge in [-0.1, -0.05) is 6.07 Å². The molecule has 0 unspecified atom stereocenters. The summed E-state index contributed by atoms with van der Waals surface area (Å²) < 4.78 is 5.32. The second-order valence-corrected chi connectivity index (χ2v) is 5.23. The van der Waals surface area contributed by atoms with Crippen molar-refractivity contribution >= 4 is 5.69 Å². The minimum Gasteiger partial charge on any atom is -0.612 e. The summed E-state index contributed by atoms with van der Waals surface area (Å²) in [5.41, 5.74) is 2.16. The predicted octanol–water partition coefficient (Wildman–Crippen LogP) is 0.631. The van der Waals surface area contributed by atoms with E-state index in [1.807, 2.05) is 12.1 Å². The Kier molecular flexibility index (Phi) is 4.45. The van der Waals surface area contributed by atoms with E-state index in [2.05, 4.69) is 15.2 Å². The molecule has 0 amide bonds. The van der Waals surface area contributed by atoms with Crippen molar-refractivity contribution in [1.29, 1.82) is 0 Å². The van der Waals surface area contributed by atoms with Gasteiger partial charge in [-0.2, -0.15) is 4.90 Å². The van der Waals surface area contributed by atoms with Gasteiger partial charge >= 0.3 is 0 Å². The number of anilines is 1. The molecule has 0 bridgehead atoms. The SMILES string of the molecule is [O-][N+]([O-])=c1cccc2[nH]ccc(NCCN3CCOCC3)c1-2. The van der Waals surface area contributed by atoms with E-state index in [1.54, 1.807) is 12.3 Å². The monoisotopic (exact) mass is 303 g/mol. The number of benzene rings is 1. The van der Waals surface area contributed by atoms with Crippen molar-refractivity contribution in [1.82, 2.24) is 14.8 Å². The molecule has 3 aliphatic rings. The lowest BCUT2D eigenvalue weighted by molar-refractivity contribution is 0.0398. The number of hydrogen-bond acceptors (Lipinski definition) is 5. The largest absolute Gasteiger partial charge is 0.612 e. The van der Waals surface area contributed by atoms with Crippen LogP contribution in [0.5, 0.6) is 0 Å². The van der Waals surface area contributed by atoms with Crippen LogP contribution in [0.25, 0.3) is 11.3 Å². The Morgan fingerprint density at radius 2 is 2.05 bits per heavy atom. The Balaban J connectivity index is 1.77. The molecule has 22 heavy (non-hydrogen) atoms. The van der Waals surface area contributed by atoms with Gasteiger partial charge in [-0.25, -0.2) is 0 Å². The van der Waals surface area contributed by atoms with Crippen molar-refractivity contribution in [3.8, 4) is 11.3 Å². The Hall–Kier alpha value is -2.25. The molecule has 1 fully saturated rings. The van der Waals surface area contributed by atoms with Gasteiger partial charge in [-0.3, -0.25) is 4.90 Å². The van der Waals surface area contributed by atoms with Crippen LogP contribution in [0, 0.1) is 10.4 Å². The van der Waals surface area contributed by atoms with E-state index in [4.69, 9.17) is 4.74 Å². The first-order chi connectivity index (χ1) is 10.8. The lowest BCUT2D eigenvalue weighted by Crippen LogP contribution is -2.39. The van der Waals surface area contributed by atoms with Crippen LogP contribution in [0.15, 0.2) is 30.5 Å². The number of nitrogens with zero attached hydrogens (tertiary/aromatic N) is 2. The summed E-state index contributed by atoms with van der Waals surface area (Å²) in [6.07, 6.45) is 1.79. The molecule has 0 saturated carbocycles. The number of H-pyrrole nitrogens is 1. The number of rotatable bonds is 4. The van der Waals surface area contributed by atoms with Crippen LogP contribution in [0.4, 0.5) is 5.69 Å². The van der Waals surface area contributed by atoms with Crippen LogP contribution in [-0.2, 0) is 4.74 Å². The maximum Gasteiger partial charge on any atom is 0.234 e. The maximum atomic E-state index is 11.2. The van der Waals surface area contributed by atoms with Crippen molar-refractivity contribution < 1.29 is 4.74 Å². The molecule has 7 nitrogen and oxygen atoms in total. The van der Waals surface area contributed by atoms with Crippen LogP contribution in [-0.4, -0.2) is 49.3 Å². The summed E-state index contributed by atoms with van der Waals surface area (Å²) in [7, 11) is 0. The highest BCUT2D eigenvalue weighted by atomic mass is 16.8. The number of hydrogen-bond donors (Lipinski definition) is 2. The van der Waals surface area contributed by atoms with E-state index in [1.165, 1.54) is 6.07 Å². The average molecular weight is 303 g/mol. The van der Waals surface area contributed by atoms with Gasteiger partial charge in [-0.05, 0) is 12.1 Å². The average Bonchev–Trinajstić information content (AvgIpc) is 2.55. The molecule has 3 rings (SSSR count). The fraction of sp³-hybridized carbons (Fsp3) is 0.400. The van der Waals surface area contributed by atoms with E-state index in [-0.39, 0.29) is 10.3 Å². The smallest absolute Gasteiger partial charge is 0.234 e. The zero-order chi connectivity index (χ0) is 15.4. The van der Waals surface area contributed by atoms with Crippen molar-refractivity contribution in [2.24, 2.45) is 0 Å². The number of morpholine rings is 1. The minimum absolute atomic E-state index is 0.114. The summed E-state index contributed by atoms with van der Waals surface area (Å²) in [6, 6.07) is 6.90. The van der Waals surface area contributed by atoms with Crippen molar-refractivity contribution in [2.45, 2.75) is 0 Å². The van der Waals surface area contributed by atoms with Gasteiger partial charge in [0.1, 0.15) is 0 Å². The van der Waals surface area contributed by atoms with Gasteiger partial charge in [0.05, 0.1) is 30.2 Å². The summed E-state index contributed by atoms with van der Waals surface area (Å²) in [5.74, 6) is 0. The lowest BCUT2D eigenvalue weighted by atomic mass is 10.1. The van der Waals surface area contributed by atoms with Gasteiger partial charge in [-0.15, -0.1) is 0 Å². The van der Waals surface area contributed by atoms with Crippen LogP contribution < -0.4 is 15.6 Å². The van der Waals surface area contributed by atoms with E-state index in [9.17, 15) is 10.4 Å². The minimum atomic E-state index is -0.344. The highest BCUT2D eigenvalue weighted by molar-refractivity contribution is 5.75. The summed E-state index contributed by atoms with van der Waals surface area (Å²) in [5, 5.41) is 25.9. The summed E-state index contributed by atoms with van der Waals surface area (Å²) >= 11 is 0. The zero-order valence-electron chi connectivity index (χ0n) is 12.2. The molecule has 118 valence electrons. The van der Waals surface area contributed by atoms with Gasteiger partial charge < -0.3 is 25.5 Å². The Morgan fingerprint density at radius 3 is 2.82 bits per heavy atom. The van der Waals surface area contributed by atoms with Crippen LogP contribution in [0.3, 0.4) is 0 Å². The van der Waals surface area contributed by atoms with Crippen LogP contribution in [0.2, 0.25) is 0 Å². The maximum absolute atomic E-state index is 11.2. The van der Waals surface area contributed by atoms with Crippen LogP contribution >= 0.6 is 0 Å². The third-order valence-corrected chi connectivity index (χ3v) is 3.84. The quantitative estimate of drug-likeness (QED) is 0.809. The fourth-order valence-electron chi connectivity index (χ4n) is 2.71. The van der Waals surface area contributed by atoms with E-state index in [0.717, 1.165) is 50.8 Å². The fourth-order valence-corrected chi connectivity index (χ4v) is 2.71. The number of aromatic nitrogens is 1. The Labute approximate surface area is 128 Å². The molecule has 2 N–H and O–H groups in total. The van der Waals surface area contributed by atoms with Crippen molar-refractivity contribution in [2.75, 3.05) is 44.7 Å². The zero-order valence-corrected chi connectivity index (χ0v) is 12.2. The number of pyridine rings is 1. The number of ether oxygens (including phenoxy) is 1. The molecule has 2 heterocycles. The van der Waals surface area contributed by atoms with E-state index < -0.39 is 0 Å². The molecule has 0 spiro atoms. The molecule has 0 aromatic heterocycles. The molecule has 0 aromatic rings. The molecule has 7 heteroatoms. The van der Waals surface area contributed by atoms with E-state index >= 15 is 0 Å². The van der Waals surface area contributed by atoms with Gasteiger partial charge in [0, 0.05) is 38.4 Å². The Bertz CT molecular complexity index is 660. The number of fused-ring (bicyclic) bond motifs is 1. The first kappa shape index (κ1) is 14.7. The first-order valence-corrected chi connectivity index (χ1v) is 7.37. The summed E-state index contributed by atoms with van der Waals surface area (Å²) in [6.45, 7) is 5.05. The molecule has 1 aliphatic carbocycles. The van der Waals surface area contributed by atoms with Crippen molar-refractivity contribution in [3.05, 3.63) is 46.2 Å². The molecule has 0 aromatic carbocycles. The second-order valence-electron chi connectivity index (χ2n) is 5.23. The van der Waals surface area contributed by atoms with Gasteiger partial charge in [0.2, 0.25) is 5.36 Å².